The van der Waals surface area contributed by atoms with E-state index in [1.54, 1.807) is 54.6 Å². The fourth-order valence-corrected chi connectivity index (χ4v) is 9.51. The van der Waals surface area contributed by atoms with Gasteiger partial charge >= 0.3 is 0 Å². The zero-order valence-electron chi connectivity index (χ0n) is 21.8. The molecular weight excluding hydrogens is 657 g/mol. The molecule has 0 saturated carbocycles. The number of benzene rings is 4. The van der Waals surface area contributed by atoms with Crippen LogP contribution < -0.4 is 4.31 Å². The third-order valence-electron chi connectivity index (χ3n) is 6.99. The zero-order valence-corrected chi connectivity index (χ0v) is 25.6. The predicted molar refractivity (Wildman–Crippen MR) is 166 cm³/mol. The number of hydrogen-bond acceptors (Lipinski definition) is 5. The van der Waals surface area contributed by atoms with E-state index in [1.165, 1.54) is 31.2 Å². The summed E-state index contributed by atoms with van der Waals surface area (Å²) in [5.74, 6) is -1.45. The Bertz CT molecular complexity index is 1840. The number of amides is 1. The highest BCUT2D eigenvalue weighted by Crippen LogP contribution is 2.53. The maximum Gasteiger partial charge on any atom is 0.270 e. The molecule has 40 heavy (non-hydrogen) atoms. The first-order chi connectivity index (χ1) is 19.0. The van der Waals surface area contributed by atoms with Crippen LogP contribution >= 0.6 is 22.6 Å². The van der Waals surface area contributed by atoms with E-state index in [-0.39, 0.29) is 15.5 Å². The van der Waals surface area contributed by atoms with Crippen molar-refractivity contribution in [3.05, 3.63) is 126 Å². The van der Waals surface area contributed by atoms with Crippen LogP contribution in [-0.4, -0.2) is 28.5 Å². The summed E-state index contributed by atoms with van der Waals surface area (Å²) >= 11 is 2.13. The molecule has 0 radical (unpaired) electrons. The Balaban J connectivity index is 1.81. The number of fused-ring (bicyclic) bond motifs is 1. The van der Waals surface area contributed by atoms with Crippen LogP contribution in [0.25, 0.3) is 9.15 Å². The van der Waals surface area contributed by atoms with Crippen LogP contribution in [-0.2, 0) is 24.7 Å². The van der Waals surface area contributed by atoms with E-state index in [0.717, 1.165) is 15.4 Å². The molecule has 0 aliphatic carbocycles. The molecule has 9 heteroatoms. The topological polar surface area (TPSA) is 88.6 Å². The molecule has 1 amide bonds. The number of rotatable bonds is 6. The molecule has 0 spiro atoms. The Morgan fingerprint density at radius 1 is 0.750 bits per heavy atom. The first-order valence-electron chi connectivity index (χ1n) is 12.5. The number of para-hydroxylation sites is 1. The van der Waals surface area contributed by atoms with Gasteiger partial charge in [0.05, 0.1) is 26.6 Å². The number of halogens is 1. The fraction of sp³-hybridized carbons (Fsp3) is 0.129. The van der Waals surface area contributed by atoms with Crippen LogP contribution in [0.3, 0.4) is 0 Å². The van der Waals surface area contributed by atoms with Crippen molar-refractivity contribution in [1.29, 1.82) is 0 Å². The molecule has 4 aromatic rings. The molecule has 5 rings (SSSR count). The van der Waals surface area contributed by atoms with E-state index in [2.05, 4.69) is 22.6 Å². The second-order valence-corrected chi connectivity index (χ2v) is 14.7. The van der Waals surface area contributed by atoms with Gasteiger partial charge in [-0.05, 0) is 77.9 Å². The zero-order chi connectivity index (χ0) is 28.7. The highest BCUT2D eigenvalue weighted by molar-refractivity contribution is 14.1. The molecule has 1 aliphatic rings. The van der Waals surface area contributed by atoms with Crippen LogP contribution in [0.1, 0.15) is 23.6 Å². The summed E-state index contributed by atoms with van der Waals surface area (Å²) in [6.45, 7) is 3.39. The number of nitrogens with zero attached hydrogens (tertiary/aromatic N) is 1. The average molecular weight is 684 g/mol. The predicted octanol–water partition coefficient (Wildman–Crippen LogP) is 6.51. The molecule has 204 valence electrons. The summed E-state index contributed by atoms with van der Waals surface area (Å²) in [6, 6.07) is 30.2. The van der Waals surface area contributed by atoms with Crippen molar-refractivity contribution in [3.8, 4) is 0 Å². The number of sulfone groups is 1. The van der Waals surface area contributed by atoms with Gasteiger partial charge < -0.3 is 0 Å². The van der Waals surface area contributed by atoms with Crippen molar-refractivity contribution in [2.45, 2.75) is 23.6 Å². The highest BCUT2D eigenvalue weighted by Gasteiger charge is 2.53. The molecule has 4 aromatic carbocycles. The second kappa shape index (κ2) is 10.6. The Kier molecular flexibility index (Phi) is 7.49. The summed E-state index contributed by atoms with van der Waals surface area (Å²) in [5.41, 5.74) is 1.08. The number of carbonyl (C=O) groups is 1. The third-order valence-corrected chi connectivity index (χ3v) is 11.8. The van der Waals surface area contributed by atoms with E-state index < -0.39 is 36.9 Å². The summed E-state index contributed by atoms with van der Waals surface area (Å²) in [7, 11) is -8.40. The molecule has 0 aromatic heterocycles. The van der Waals surface area contributed by atoms with E-state index in [0.29, 0.717) is 14.7 Å². The normalized spacial score (nSPS) is 18.8. The van der Waals surface area contributed by atoms with E-state index in [1.807, 2.05) is 37.3 Å². The Labute approximate surface area is 248 Å². The van der Waals surface area contributed by atoms with Gasteiger partial charge in [0.25, 0.3) is 15.9 Å². The smallest absolute Gasteiger partial charge is 0.270 e. The fourth-order valence-electron chi connectivity index (χ4n) is 4.97. The number of aryl methyl sites for hydroxylation is 1. The van der Waals surface area contributed by atoms with Crippen LogP contribution in [0.5, 0.6) is 0 Å². The summed E-state index contributed by atoms with van der Waals surface area (Å²) in [4.78, 5) is 14.6. The van der Waals surface area contributed by atoms with Gasteiger partial charge in [0.15, 0.2) is 9.84 Å². The number of anilines is 1. The van der Waals surface area contributed by atoms with Gasteiger partial charge in [0.2, 0.25) is 0 Å². The highest BCUT2D eigenvalue weighted by atomic mass is 127. The SMILES string of the molecule is Cc1ccc(S(=O)(=O)CC2(C)C(=O)N(S(=O)(=O)c3ccccc3)c3ccccc3/C2=C(/I)c2ccccc2)cc1. The standard InChI is InChI=1S/C31H26INO5S2/c1-22-17-19-24(20-18-22)39(35,36)21-31(2)28(29(32)23-11-5-3-6-12-23)26-15-9-10-16-27(26)33(30(31)34)40(37,38)25-13-7-4-8-14-25/h3-20H,21H2,1-2H3/b29-28-. The minimum Gasteiger partial charge on any atom is -0.272 e. The van der Waals surface area contributed by atoms with E-state index in [9.17, 15) is 21.6 Å². The number of carbonyl (C=O) groups excluding carboxylic acids is 1. The number of hydrogen-bond donors (Lipinski definition) is 0. The lowest BCUT2D eigenvalue weighted by atomic mass is 9.75. The number of sulfonamides is 1. The Morgan fingerprint density at radius 3 is 1.93 bits per heavy atom. The lowest BCUT2D eigenvalue weighted by molar-refractivity contribution is -0.122. The molecule has 1 unspecified atom stereocenters. The molecule has 1 heterocycles. The quantitative estimate of drug-likeness (QED) is 0.216. The molecule has 0 fully saturated rings. The van der Waals surface area contributed by atoms with Gasteiger partial charge in [-0.3, -0.25) is 4.79 Å². The maximum atomic E-state index is 14.6. The van der Waals surface area contributed by atoms with Gasteiger partial charge in [0.1, 0.15) is 0 Å². The lowest BCUT2D eigenvalue weighted by Crippen LogP contribution is -2.52. The van der Waals surface area contributed by atoms with Gasteiger partial charge in [-0.25, -0.2) is 21.1 Å². The Hall–Kier alpha value is -3.28. The molecular formula is C31H26INO5S2. The summed E-state index contributed by atoms with van der Waals surface area (Å²) < 4.78 is 57.2. The molecule has 0 bridgehead atoms. The first-order valence-corrected chi connectivity index (χ1v) is 16.6. The first kappa shape index (κ1) is 28.3. The largest absolute Gasteiger partial charge is 0.272 e. The van der Waals surface area contributed by atoms with Crippen molar-refractivity contribution in [2.75, 3.05) is 10.1 Å². The monoisotopic (exact) mass is 683 g/mol. The van der Waals surface area contributed by atoms with Crippen LogP contribution in [0.15, 0.2) is 119 Å². The van der Waals surface area contributed by atoms with Crippen LogP contribution in [0, 0.1) is 12.3 Å². The van der Waals surface area contributed by atoms with Crippen molar-refractivity contribution in [2.24, 2.45) is 5.41 Å². The molecule has 0 saturated heterocycles. The van der Waals surface area contributed by atoms with Crippen molar-refractivity contribution in [3.63, 3.8) is 0 Å². The Morgan fingerprint density at radius 2 is 1.30 bits per heavy atom. The van der Waals surface area contributed by atoms with E-state index in [4.69, 9.17) is 0 Å². The minimum atomic E-state index is -4.37. The summed E-state index contributed by atoms with van der Waals surface area (Å²) in [6.07, 6.45) is 0. The average Bonchev–Trinajstić information content (AvgIpc) is 2.94. The molecule has 1 aliphatic heterocycles. The minimum absolute atomic E-state index is 0.0629. The van der Waals surface area contributed by atoms with E-state index >= 15 is 0 Å². The van der Waals surface area contributed by atoms with Gasteiger partial charge in [-0.2, -0.15) is 0 Å². The van der Waals surface area contributed by atoms with Crippen molar-refractivity contribution >= 4 is 63.2 Å². The molecule has 1 atom stereocenters. The summed E-state index contributed by atoms with van der Waals surface area (Å²) in [5, 5.41) is 0. The lowest BCUT2D eigenvalue weighted by Gasteiger charge is -2.42. The van der Waals surface area contributed by atoms with Gasteiger partial charge in [-0.1, -0.05) is 84.4 Å². The molecule has 6 nitrogen and oxygen atoms in total. The maximum absolute atomic E-state index is 14.6. The van der Waals surface area contributed by atoms with Gasteiger partial charge in [-0.15, -0.1) is 0 Å². The van der Waals surface area contributed by atoms with Crippen LogP contribution in [0.2, 0.25) is 0 Å². The van der Waals surface area contributed by atoms with Crippen molar-refractivity contribution < 1.29 is 21.6 Å². The molecule has 0 N–H and O–H groups in total. The van der Waals surface area contributed by atoms with Crippen molar-refractivity contribution in [1.82, 2.24) is 0 Å². The van der Waals surface area contributed by atoms with Gasteiger partial charge in [0, 0.05) is 9.14 Å². The third kappa shape index (κ3) is 4.90. The van der Waals surface area contributed by atoms with Crippen LogP contribution in [0.4, 0.5) is 5.69 Å². The second-order valence-electron chi connectivity index (χ2n) is 9.86.